The molecule has 0 spiro atoms. The second kappa shape index (κ2) is 7.56. The Morgan fingerprint density at radius 1 is 1.07 bits per heavy atom. The normalized spacial score (nSPS) is 13.4. The fourth-order valence-electron chi connectivity index (χ4n) is 3.60. The van der Waals surface area contributed by atoms with E-state index in [1.807, 2.05) is 36.4 Å². The first-order chi connectivity index (χ1) is 13.6. The third kappa shape index (κ3) is 3.46. The maximum absolute atomic E-state index is 12.2. The van der Waals surface area contributed by atoms with Crippen molar-refractivity contribution in [2.75, 3.05) is 6.61 Å². The Bertz CT molecular complexity index is 955. The quantitative estimate of drug-likeness (QED) is 0.613. The highest BCUT2D eigenvalue weighted by atomic mass is 16.5. The zero-order valence-electron chi connectivity index (χ0n) is 15.0. The van der Waals surface area contributed by atoms with E-state index < -0.39 is 18.1 Å². The first-order valence-corrected chi connectivity index (χ1v) is 8.96. The summed E-state index contributed by atoms with van der Waals surface area (Å²) in [7, 11) is 0. The summed E-state index contributed by atoms with van der Waals surface area (Å²) in [5.74, 6) is -1.21. The summed E-state index contributed by atoms with van der Waals surface area (Å²) in [6.07, 6.45) is 0.870. The summed E-state index contributed by atoms with van der Waals surface area (Å²) in [5, 5.41) is 18.2. The zero-order valence-corrected chi connectivity index (χ0v) is 15.0. The SMILES string of the molecule is O=C(NC(Cc1ccn[nH]1)C(=O)O)OCC1c2ccccc2-c2ccccc21. The van der Waals surface area contributed by atoms with E-state index in [2.05, 4.69) is 27.6 Å². The van der Waals surface area contributed by atoms with Crippen LogP contribution in [0.25, 0.3) is 11.1 Å². The smallest absolute Gasteiger partial charge is 0.407 e. The monoisotopic (exact) mass is 377 g/mol. The summed E-state index contributed by atoms with van der Waals surface area (Å²) in [6.45, 7) is 0.135. The van der Waals surface area contributed by atoms with Crippen molar-refractivity contribution in [3.63, 3.8) is 0 Å². The molecule has 0 aliphatic heterocycles. The fraction of sp³-hybridized carbons (Fsp3) is 0.190. The van der Waals surface area contributed by atoms with Gasteiger partial charge in [0.15, 0.2) is 0 Å². The lowest BCUT2D eigenvalue weighted by Crippen LogP contribution is -2.43. The number of aromatic amines is 1. The molecule has 1 amide bonds. The lowest BCUT2D eigenvalue weighted by Gasteiger charge is -2.17. The van der Waals surface area contributed by atoms with Crippen LogP contribution >= 0.6 is 0 Å². The first-order valence-electron chi connectivity index (χ1n) is 8.96. The highest BCUT2D eigenvalue weighted by molar-refractivity contribution is 5.81. The molecule has 7 heteroatoms. The Morgan fingerprint density at radius 3 is 2.29 bits per heavy atom. The van der Waals surface area contributed by atoms with Crippen molar-refractivity contribution < 1.29 is 19.4 Å². The number of hydrogen-bond donors (Lipinski definition) is 3. The van der Waals surface area contributed by atoms with E-state index in [-0.39, 0.29) is 18.9 Å². The molecule has 7 nitrogen and oxygen atoms in total. The van der Waals surface area contributed by atoms with Gasteiger partial charge in [-0.3, -0.25) is 5.10 Å². The van der Waals surface area contributed by atoms with Crippen molar-refractivity contribution in [3.05, 3.63) is 77.6 Å². The highest BCUT2D eigenvalue weighted by Crippen LogP contribution is 2.44. The second-order valence-electron chi connectivity index (χ2n) is 6.65. The molecule has 1 heterocycles. The number of benzene rings is 2. The van der Waals surface area contributed by atoms with Crippen LogP contribution in [0.4, 0.5) is 4.79 Å². The number of carbonyl (C=O) groups is 2. The molecular weight excluding hydrogens is 358 g/mol. The van der Waals surface area contributed by atoms with Crippen molar-refractivity contribution in [2.45, 2.75) is 18.4 Å². The molecular formula is C21H19N3O4. The van der Waals surface area contributed by atoms with Gasteiger partial charge in [0, 0.05) is 24.2 Å². The number of nitrogens with one attached hydrogen (secondary N) is 2. The van der Waals surface area contributed by atoms with Crippen LogP contribution in [0, 0.1) is 0 Å². The fourth-order valence-corrected chi connectivity index (χ4v) is 3.60. The lowest BCUT2D eigenvalue weighted by atomic mass is 9.98. The van der Waals surface area contributed by atoms with E-state index in [0.717, 1.165) is 22.3 Å². The molecule has 0 saturated heterocycles. The number of aliphatic carboxylic acids is 1. The van der Waals surface area contributed by atoms with E-state index in [1.165, 1.54) is 6.20 Å². The average Bonchev–Trinajstić information content (AvgIpc) is 3.32. The standard InChI is InChI=1S/C21H19N3O4/c25-20(26)19(11-13-9-10-22-24-13)23-21(27)28-12-18-16-7-3-1-5-14(16)15-6-2-4-8-17(15)18/h1-10,18-19H,11-12H2,(H,22,24)(H,23,27)(H,25,26). The summed E-state index contributed by atoms with van der Waals surface area (Å²) in [5.41, 5.74) is 5.09. The van der Waals surface area contributed by atoms with Crippen LogP contribution in [-0.2, 0) is 16.0 Å². The molecule has 0 fully saturated rings. The molecule has 4 rings (SSSR count). The van der Waals surface area contributed by atoms with Gasteiger partial charge >= 0.3 is 12.1 Å². The number of alkyl carbamates (subject to hydrolysis) is 1. The minimum atomic E-state index is -1.14. The Morgan fingerprint density at radius 2 is 1.71 bits per heavy atom. The van der Waals surface area contributed by atoms with E-state index in [9.17, 15) is 14.7 Å². The van der Waals surface area contributed by atoms with Gasteiger partial charge < -0.3 is 15.2 Å². The summed E-state index contributed by atoms with van der Waals surface area (Å²) in [4.78, 5) is 23.7. The molecule has 0 bridgehead atoms. The Hall–Kier alpha value is -3.61. The predicted molar refractivity (Wildman–Crippen MR) is 102 cm³/mol. The van der Waals surface area contributed by atoms with Crippen LogP contribution in [0.2, 0.25) is 0 Å². The van der Waals surface area contributed by atoms with Gasteiger partial charge in [-0.2, -0.15) is 5.10 Å². The molecule has 1 aliphatic carbocycles. The van der Waals surface area contributed by atoms with Crippen LogP contribution in [-0.4, -0.2) is 40.0 Å². The van der Waals surface area contributed by atoms with Gasteiger partial charge in [0.05, 0.1) is 0 Å². The van der Waals surface area contributed by atoms with E-state index >= 15 is 0 Å². The van der Waals surface area contributed by atoms with Crippen LogP contribution in [0.3, 0.4) is 0 Å². The van der Waals surface area contributed by atoms with Crippen LogP contribution in [0.1, 0.15) is 22.7 Å². The molecule has 3 N–H and O–H groups in total. The number of carboxylic acid groups (broad SMARTS) is 1. The van der Waals surface area contributed by atoms with Crippen LogP contribution < -0.4 is 5.32 Å². The van der Waals surface area contributed by atoms with Crippen molar-refractivity contribution in [2.24, 2.45) is 0 Å². The molecule has 1 aliphatic rings. The molecule has 0 radical (unpaired) electrons. The largest absolute Gasteiger partial charge is 0.480 e. The molecule has 0 saturated carbocycles. The molecule has 142 valence electrons. The molecule has 28 heavy (non-hydrogen) atoms. The van der Waals surface area contributed by atoms with Crippen LogP contribution in [0.5, 0.6) is 0 Å². The topological polar surface area (TPSA) is 104 Å². The summed E-state index contributed by atoms with van der Waals surface area (Å²) in [6, 6.07) is 16.6. The number of rotatable bonds is 6. The molecule has 3 aromatic rings. The number of amides is 1. The molecule has 2 aromatic carbocycles. The third-order valence-electron chi connectivity index (χ3n) is 4.92. The number of nitrogens with zero attached hydrogens (tertiary/aromatic N) is 1. The first kappa shape index (κ1) is 17.8. The van der Waals surface area contributed by atoms with E-state index in [4.69, 9.17) is 4.74 Å². The predicted octanol–water partition coefficient (Wildman–Crippen LogP) is 2.94. The number of fused-ring (bicyclic) bond motifs is 3. The minimum absolute atomic E-state index is 0.0750. The number of aromatic nitrogens is 2. The van der Waals surface area contributed by atoms with Gasteiger partial charge in [-0.1, -0.05) is 48.5 Å². The van der Waals surface area contributed by atoms with Crippen molar-refractivity contribution in [3.8, 4) is 11.1 Å². The maximum Gasteiger partial charge on any atom is 0.407 e. The highest BCUT2D eigenvalue weighted by Gasteiger charge is 2.29. The minimum Gasteiger partial charge on any atom is -0.480 e. The van der Waals surface area contributed by atoms with Gasteiger partial charge in [0.25, 0.3) is 0 Å². The van der Waals surface area contributed by atoms with E-state index in [0.29, 0.717) is 5.69 Å². The number of ether oxygens (including phenoxy) is 1. The Labute approximate surface area is 161 Å². The van der Waals surface area contributed by atoms with Crippen molar-refractivity contribution in [1.29, 1.82) is 0 Å². The Balaban J connectivity index is 1.44. The number of H-pyrrole nitrogens is 1. The zero-order chi connectivity index (χ0) is 19.5. The molecule has 1 unspecified atom stereocenters. The van der Waals surface area contributed by atoms with E-state index in [1.54, 1.807) is 6.07 Å². The summed E-state index contributed by atoms with van der Waals surface area (Å²) >= 11 is 0. The number of hydrogen-bond acceptors (Lipinski definition) is 4. The average molecular weight is 377 g/mol. The molecule has 1 atom stereocenters. The summed E-state index contributed by atoms with van der Waals surface area (Å²) < 4.78 is 5.40. The molecule has 1 aromatic heterocycles. The van der Waals surface area contributed by atoms with Gasteiger partial charge in [-0.05, 0) is 28.3 Å². The third-order valence-corrected chi connectivity index (χ3v) is 4.92. The van der Waals surface area contributed by atoms with Gasteiger partial charge in [0.1, 0.15) is 12.6 Å². The maximum atomic E-state index is 12.2. The number of carboxylic acids is 1. The lowest BCUT2D eigenvalue weighted by molar-refractivity contribution is -0.139. The van der Waals surface area contributed by atoms with Crippen molar-refractivity contribution >= 4 is 12.1 Å². The van der Waals surface area contributed by atoms with Crippen molar-refractivity contribution in [1.82, 2.24) is 15.5 Å². The van der Waals surface area contributed by atoms with Gasteiger partial charge in [-0.25, -0.2) is 9.59 Å². The Kier molecular flexibility index (Phi) is 4.80. The van der Waals surface area contributed by atoms with Gasteiger partial charge in [0.2, 0.25) is 0 Å². The second-order valence-corrected chi connectivity index (χ2v) is 6.65. The number of carbonyl (C=O) groups excluding carboxylic acids is 1. The van der Waals surface area contributed by atoms with Crippen LogP contribution in [0.15, 0.2) is 60.8 Å². The van der Waals surface area contributed by atoms with Gasteiger partial charge in [-0.15, -0.1) is 0 Å².